The van der Waals surface area contributed by atoms with Crippen LogP contribution >= 0.6 is 15.9 Å². The molecule has 10 heteroatoms. The highest BCUT2D eigenvalue weighted by atomic mass is 79.9. The van der Waals surface area contributed by atoms with Gasteiger partial charge in [0.15, 0.2) is 0 Å². The lowest BCUT2D eigenvalue weighted by atomic mass is 10.1. The van der Waals surface area contributed by atoms with Crippen molar-refractivity contribution in [2.24, 2.45) is 0 Å². The molecule has 1 aliphatic rings. The third-order valence-electron chi connectivity index (χ3n) is 5.23. The third-order valence-corrected chi connectivity index (χ3v) is 7.29. The van der Waals surface area contributed by atoms with Crippen LogP contribution in [0.3, 0.4) is 0 Å². The number of carboxylic acids is 1. The van der Waals surface area contributed by atoms with Crippen LogP contribution in [0.5, 0.6) is 5.75 Å². The highest BCUT2D eigenvalue weighted by molar-refractivity contribution is 9.10. The van der Waals surface area contributed by atoms with E-state index in [1.165, 1.54) is 24.6 Å². The van der Waals surface area contributed by atoms with E-state index in [2.05, 4.69) is 37.9 Å². The Kier molecular flexibility index (Phi) is 6.89. The molecule has 0 amide bonds. The van der Waals surface area contributed by atoms with Crippen molar-refractivity contribution < 1.29 is 23.4 Å². The van der Waals surface area contributed by atoms with Gasteiger partial charge in [-0.25, -0.2) is 13.2 Å². The van der Waals surface area contributed by atoms with Gasteiger partial charge in [0.05, 0.1) is 15.8 Å². The Bertz CT molecular complexity index is 1040. The van der Waals surface area contributed by atoms with Crippen LogP contribution in [0.1, 0.15) is 29.6 Å². The topological polar surface area (TPSA) is 119 Å². The summed E-state index contributed by atoms with van der Waals surface area (Å²) in [6, 6.07) is 9.59. The van der Waals surface area contributed by atoms with Gasteiger partial charge in [0.2, 0.25) is 0 Å². The van der Waals surface area contributed by atoms with Crippen molar-refractivity contribution in [3.8, 4) is 5.75 Å². The maximum Gasteiger partial charge on any atom is 0.341 e. The number of hydrogen-bond donors (Lipinski definition) is 4. The largest absolute Gasteiger partial charge is 0.506 e. The molecule has 0 radical (unpaired) electrons. The summed E-state index contributed by atoms with van der Waals surface area (Å²) in [7, 11) is -2.01. The first-order chi connectivity index (χ1) is 14.2. The summed E-state index contributed by atoms with van der Waals surface area (Å²) in [5.74, 6) is -1.99. The van der Waals surface area contributed by atoms with E-state index in [1.54, 1.807) is 18.2 Å². The number of carbonyl (C=O) groups is 1. The minimum Gasteiger partial charge on any atom is -0.506 e. The van der Waals surface area contributed by atoms with Gasteiger partial charge in [-0.3, -0.25) is 4.72 Å². The van der Waals surface area contributed by atoms with Gasteiger partial charge in [-0.2, -0.15) is 0 Å². The minimum atomic E-state index is -4.10. The maximum atomic E-state index is 13.0. The van der Waals surface area contributed by atoms with Crippen LogP contribution in [0.4, 0.5) is 11.4 Å². The Morgan fingerprint density at radius 1 is 1.23 bits per heavy atom. The molecule has 4 N–H and O–H groups in total. The van der Waals surface area contributed by atoms with E-state index in [1.807, 2.05) is 0 Å². The number of benzene rings is 2. The molecule has 2 aromatic carbocycles. The summed E-state index contributed by atoms with van der Waals surface area (Å²) in [6.07, 6.45) is 3.19. The molecule has 30 heavy (non-hydrogen) atoms. The van der Waals surface area contributed by atoms with Gasteiger partial charge in [-0.05, 0) is 73.1 Å². The van der Waals surface area contributed by atoms with E-state index < -0.39 is 27.3 Å². The molecule has 1 atom stereocenters. The molecule has 8 nitrogen and oxygen atoms in total. The van der Waals surface area contributed by atoms with Crippen LogP contribution in [0, 0.1) is 0 Å². The molecule has 3 rings (SSSR count). The third kappa shape index (κ3) is 4.88. The Labute approximate surface area is 184 Å². The number of aromatic hydroxyl groups is 1. The second kappa shape index (κ2) is 9.23. The van der Waals surface area contributed by atoms with Crippen molar-refractivity contribution in [2.75, 3.05) is 30.2 Å². The quantitative estimate of drug-likeness (QED) is 0.440. The second-order valence-corrected chi connectivity index (χ2v) is 9.72. The fourth-order valence-corrected chi connectivity index (χ4v) is 5.22. The van der Waals surface area contributed by atoms with E-state index in [0.29, 0.717) is 18.3 Å². The number of sulfonamides is 1. The van der Waals surface area contributed by atoms with Crippen molar-refractivity contribution in [1.82, 2.24) is 4.90 Å². The van der Waals surface area contributed by atoms with Gasteiger partial charge >= 0.3 is 5.97 Å². The van der Waals surface area contributed by atoms with E-state index >= 15 is 0 Å². The molecule has 0 bridgehead atoms. The zero-order valence-electron chi connectivity index (χ0n) is 16.4. The number of anilines is 2. The monoisotopic (exact) mass is 497 g/mol. The standard InChI is InChI=1S/C20H24BrN3O5S/c1-24-12-4-5-13(24)10-11-22-15-6-2-3-7-17(15)30(28,29)23-16-9-8-14(21)19(25)18(16)20(26)27/h2-3,6-9,13,22-23,25H,4-5,10-12H2,1H3,(H,26,27). The Morgan fingerprint density at radius 3 is 2.63 bits per heavy atom. The molecule has 0 spiro atoms. The molecule has 162 valence electrons. The van der Waals surface area contributed by atoms with Crippen LogP contribution in [-0.2, 0) is 10.0 Å². The first-order valence-corrected chi connectivity index (χ1v) is 11.8. The Hall–Kier alpha value is -2.30. The highest BCUT2D eigenvalue weighted by Crippen LogP contribution is 2.35. The summed E-state index contributed by atoms with van der Waals surface area (Å²) in [6.45, 7) is 1.69. The zero-order chi connectivity index (χ0) is 21.9. The molecule has 1 unspecified atom stereocenters. The number of aromatic carboxylic acids is 1. The number of hydrogen-bond acceptors (Lipinski definition) is 6. The van der Waals surface area contributed by atoms with Gasteiger partial charge in [-0.15, -0.1) is 0 Å². The highest BCUT2D eigenvalue weighted by Gasteiger charge is 2.25. The van der Waals surface area contributed by atoms with Gasteiger partial charge in [-0.1, -0.05) is 12.1 Å². The van der Waals surface area contributed by atoms with Crippen molar-refractivity contribution in [1.29, 1.82) is 0 Å². The second-order valence-electron chi connectivity index (χ2n) is 7.22. The van der Waals surface area contributed by atoms with Crippen LogP contribution in [0.2, 0.25) is 0 Å². The zero-order valence-corrected chi connectivity index (χ0v) is 18.8. The van der Waals surface area contributed by atoms with E-state index in [0.717, 1.165) is 19.4 Å². The van der Waals surface area contributed by atoms with Gasteiger partial charge in [0.25, 0.3) is 10.0 Å². The van der Waals surface area contributed by atoms with Gasteiger partial charge < -0.3 is 20.4 Å². The van der Waals surface area contributed by atoms with E-state index in [4.69, 9.17) is 0 Å². The first kappa shape index (κ1) is 22.4. The number of halogens is 1. The number of likely N-dealkylation sites (tertiary alicyclic amines) is 1. The van der Waals surface area contributed by atoms with Crippen molar-refractivity contribution >= 4 is 43.3 Å². The lowest BCUT2D eigenvalue weighted by molar-refractivity contribution is 0.0695. The molecular weight excluding hydrogens is 474 g/mol. The SMILES string of the molecule is CN1CCCC1CCNc1ccccc1S(=O)(=O)Nc1ccc(Br)c(O)c1C(=O)O. The number of para-hydroxylation sites is 1. The summed E-state index contributed by atoms with van der Waals surface area (Å²) in [5, 5.41) is 22.6. The molecule has 1 aliphatic heterocycles. The molecule has 0 aromatic heterocycles. The lowest BCUT2D eigenvalue weighted by Gasteiger charge is -2.20. The van der Waals surface area contributed by atoms with Crippen molar-refractivity contribution in [3.63, 3.8) is 0 Å². The maximum absolute atomic E-state index is 13.0. The average Bonchev–Trinajstić information content (AvgIpc) is 3.09. The Morgan fingerprint density at radius 2 is 1.97 bits per heavy atom. The number of nitrogens with zero attached hydrogens (tertiary/aromatic N) is 1. The molecule has 2 aromatic rings. The summed E-state index contributed by atoms with van der Waals surface area (Å²) in [5.41, 5.74) is -0.308. The van der Waals surface area contributed by atoms with Crippen LogP contribution in [-0.4, -0.2) is 55.7 Å². The van der Waals surface area contributed by atoms with Gasteiger partial charge in [0.1, 0.15) is 16.2 Å². The summed E-state index contributed by atoms with van der Waals surface area (Å²) in [4.78, 5) is 13.9. The summed E-state index contributed by atoms with van der Waals surface area (Å²) < 4.78 is 28.5. The number of nitrogens with one attached hydrogen (secondary N) is 2. The van der Waals surface area contributed by atoms with Crippen molar-refractivity contribution in [3.05, 3.63) is 46.4 Å². The number of phenols is 1. The minimum absolute atomic E-state index is 0.00326. The van der Waals surface area contributed by atoms with E-state index in [-0.39, 0.29) is 15.1 Å². The van der Waals surface area contributed by atoms with E-state index in [9.17, 15) is 23.4 Å². The molecule has 0 saturated carbocycles. The van der Waals surface area contributed by atoms with Gasteiger partial charge in [0, 0.05) is 12.6 Å². The fraction of sp³-hybridized carbons (Fsp3) is 0.350. The lowest BCUT2D eigenvalue weighted by Crippen LogP contribution is -2.27. The first-order valence-electron chi connectivity index (χ1n) is 9.51. The molecule has 1 saturated heterocycles. The average molecular weight is 498 g/mol. The smallest absolute Gasteiger partial charge is 0.341 e. The molecular formula is C20H24BrN3O5S. The predicted octanol–water partition coefficient (Wildman–Crippen LogP) is 3.55. The molecule has 1 fully saturated rings. The summed E-state index contributed by atoms with van der Waals surface area (Å²) >= 11 is 3.04. The van der Waals surface area contributed by atoms with Crippen LogP contribution in [0.25, 0.3) is 0 Å². The predicted molar refractivity (Wildman–Crippen MR) is 119 cm³/mol. The normalized spacial score (nSPS) is 17.1. The van der Waals surface area contributed by atoms with Crippen molar-refractivity contribution in [2.45, 2.75) is 30.2 Å². The fourth-order valence-electron chi connectivity index (χ4n) is 3.63. The Balaban J connectivity index is 1.82. The van der Waals surface area contributed by atoms with Crippen LogP contribution < -0.4 is 10.0 Å². The van der Waals surface area contributed by atoms with Crippen LogP contribution in [0.15, 0.2) is 45.8 Å². The molecule has 1 heterocycles. The number of carboxylic acid groups (broad SMARTS) is 1. The molecule has 0 aliphatic carbocycles. The number of rotatable bonds is 8.